The van der Waals surface area contributed by atoms with Crippen molar-refractivity contribution in [2.24, 2.45) is 5.92 Å². The van der Waals surface area contributed by atoms with E-state index in [0.717, 1.165) is 40.5 Å². The SMILES string of the molecule is CCC1CCCN(C(=O)c2sc3cc(Br)ccc3c2N)C1. The first-order valence-electron chi connectivity index (χ1n) is 7.37. The Morgan fingerprint density at radius 3 is 3.10 bits per heavy atom. The molecule has 5 heteroatoms. The summed E-state index contributed by atoms with van der Waals surface area (Å²) in [7, 11) is 0. The summed E-state index contributed by atoms with van der Waals surface area (Å²) >= 11 is 4.97. The zero-order chi connectivity index (χ0) is 15.0. The molecular weight excluding hydrogens is 348 g/mol. The average molecular weight is 367 g/mol. The third-order valence-corrected chi connectivity index (χ3v) is 5.92. The van der Waals surface area contributed by atoms with Crippen LogP contribution in [0.15, 0.2) is 22.7 Å². The summed E-state index contributed by atoms with van der Waals surface area (Å²) in [6.07, 6.45) is 3.47. The van der Waals surface area contributed by atoms with Crippen molar-refractivity contribution < 1.29 is 4.79 Å². The van der Waals surface area contributed by atoms with Gasteiger partial charge in [0, 0.05) is 27.6 Å². The van der Waals surface area contributed by atoms with Crippen LogP contribution in [0.3, 0.4) is 0 Å². The van der Waals surface area contributed by atoms with Gasteiger partial charge in [0.2, 0.25) is 0 Å². The van der Waals surface area contributed by atoms with E-state index in [1.54, 1.807) is 0 Å². The minimum atomic E-state index is 0.1000. The second kappa shape index (κ2) is 5.97. The lowest BCUT2D eigenvalue weighted by atomic mass is 9.95. The van der Waals surface area contributed by atoms with Gasteiger partial charge >= 0.3 is 0 Å². The van der Waals surface area contributed by atoms with Gasteiger partial charge in [0.1, 0.15) is 4.88 Å². The molecule has 0 aliphatic carbocycles. The van der Waals surface area contributed by atoms with Gasteiger partial charge in [-0.05, 0) is 30.9 Å². The summed E-state index contributed by atoms with van der Waals surface area (Å²) < 4.78 is 2.08. The van der Waals surface area contributed by atoms with Crippen LogP contribution >= 0.6 is 27.3 Å². The van der Waals surface area contributed by atoms with Gasteiger partial charge in [-0.25, -0.2) is 0 Å². The number of nitrogens with two attached hydrogens (primary N) is 1. The lowest BCUT2D eigenvalue weighted by Crippen LogP contribution is -2.39. The minimum absolute atomic E-state index is 0.1000. The maximum atomic E-state index is 12.8. The van der Waals surface area contributed by atoms with E-state index in [1.165, 1.54) is 17.8 Å². The molecule has 2 heterocycles. The molecule has 3 nitrogen and oxygen atoms in total. The second-order valence-corrected chi connectivity index (χ2v) is 7.62. The fourth-order valence-electron chi connectivity index (χ4n) is 2.98. The first-order chi connectivity index (χ1) is 10.1. The number of thiophene rings is 1. The number of carbonyl (C=O) groups excluding carboxylic acids is 1. The minimum Gasteiger partial charge on any atom is -0.397 e. The monoisotopic (exact) mass is 366 g/mol. The van der Waals surface area contributed by atoms with E-state index < -0.39 is 0 Å². The molecule has 112 valence electrons. The summed E-state index contributed by atoms with van der Waals surface area (Å²) in [5.74, 6) is 0.732. The van der Waals surface area contributed by atoms with Crippen molar-refractivity contribution in [1.82, 2.24) is 4.90 Å². The topological polar surface area (TPSA) is 46.3 Å². The Kier molecular flexibility index (Phi) is 4.22. The number of hydrogen-bond acceptors (Lipinski definition) is 3. The zero-order valence-corrected chi connectivity index (χ0v) is 14.5. The van der Waals surface area contributed by atoms with Crippen molar-refractivity contribution >= 4 is 48.9 Å². The Morgan fingerprint density at radius 2 is 2.33 bits per heavy atom. The van der Waals surface area contributed by atoms with Crippen molar-refractivity contribution in [2.45, 2.75) is 26.2 Å². The molecule has 0 spiro atoms. The zero-order valence-electron chi connectivity index (χ0n) is 12.1. The predicted octanol–water partition coefficient (Wildman–Crippen LogP) is 4.51. The van der Waals surface area contributed by atoms with Crippen LogP contribution in [0.25, 0.3) is 10.1 Å². The van der Waals surface area contributed by atoms with E-state index in [-0.39, 0.29) is 5.91 Å². The van der Waals surface area contributed by atoms with Gasteiger partial charge < -0.3 is 10.6 Å². The van der Waals surface area contributed by atoms with E-state index >= 15 is 0 Å². The first kappa shape index (κ1) is 14.9. The van der Waals surface area contributed by atoms with E-state index in [9.17, 15) is 4.79 Å². The van der Waals surface area contributed by atoms with E-state index in [0.29, 0.717) is 16.5 Å². The van der Waals surface area contributed by atoms with Gasteiger partial charge in [-0.2, -0.15) is 0 Å². The number of nitrogens with zero attached hydrogens (tertiary/aromatic N) is 1. The van der Waals surface area contributed by atoms with Gasteiger partial charge in [0.25, 0.3) is 5.91 Å². The Balaban J connectivity index is 1.92. The number of piperidine rings is 1. The fraction of sp³-hybridized carbons (Fsp3) is 0.438. The molecule has 1 atom stereocenters. The molecule has 1 amide bonds. The van der Waals surface area contributed by atoms with E-state index in [4.69, 9.17) is 5.73 Å². The standard InChI is InChI=1S/C16H19BrN2OS/c1-2-10-4-3-7-19(9-10)16(20)15-14(18)12-6-5-11(17)8-13(12)21-15/h5-6,8,10H,2-4,7,9,18H2,1H3. The lowest BCUT2D eigenvalue weighted by Gasteiger charge is -2.32. The summed E-state index contributed by atoms with van der Waals surface area (Å²) in [6.45, 7) is 3.92. The van der Waals surface area contributed by atoms with Gasteiger partial charge in [0.05, 0.1) is 5.69 Å². The Labute approximate surface area is 137 Å². The molecule has 0 saturated carbocycles. The molecule has 2 N–H and O–H groups in total. The highest BCUT2D eigenvalue weighted by molar-refractivity contribution is 9.10. The summed E-state index contributed by atoms with van der Waals surface area (Å²) in [4.78, 5) is 15.5. The molecule has 0 bridgehead atoms. The predicted molar refractivity (Wildman–Crippen MR) is 92.9 cm³/mol. The van der Waals surface area contributed by atoms with Crippen molar-refractivity contribution in [2.75, 3.05) is 18.8 Å². The molecule has 1 aliphatic heterocycles. The van der Waals surface area contributed by atoms with Crippen LogP contribution in [0.5, 0.6) is 0 Å². The van der Waals surface area contributed by atoms with Crippen LogP contribution in [-0.2, 0) is 0 Å². The fourth-order valence-corrected chi connectivity index (χ4v) is 4.62. The van der Waals surface area contributed by atoms with Crippen LogP contribution in [0.4, 0.5) is 5.69 Å². The number of nitrogen functional groups attached to an aromatic ring is 1. The van der Waals surface area contributed by atoms with E-state index in [1.807, 2.05) is 23.1 Å². The number of amides is 1. The number of carbonyl (C=O) groups is 1. The molecule has 1 unspecified atom stereocenters. The van der Waals surface area contributed by atoms with Gasteiger partial charge in [-0.1, -0.05) is 35.3 Å². The largest absolute Gasteiger partial charge is 0.397 e. The first-order valence-corrected chi connectivity index (χ1v) is 8.98. The number of rotatable bonds is 2. The molecule has 1 aromatic heterocycles. The van der Waals surface area contributed by atoms with Crippen LogP contribution in [0.1, 0.15) is 35.9 Å². The Bertz CT molecular complexity index is 682. The van der Waals surface area contributed by atoms with Gasteiger partial charge in [-0.3, -0.25) is 4.79 Å². The molecule has 1 fully saturated rings. The van der Waals surface area contributed by atoms with Crippen LogP contribution in [0, 0.1) is 5.92 Å². The molecule has 1 aromatic carbocycles. The Morgan fingerprint density at radius 1 is 1.52 bits per heavy atom. The summed E-state index contributed by atoms with van der Waals surface area (Å²) in [5, 5.41) is 0.982. The normalized spacial score (nSPS) is 19.1. The highest BCUT2D eigenvalue weighted by Gasteiger charge is 2.26. The van der Waals surface area contributed by atoms with Crippen molar-refractivity contribution in [3.63, 3.8) is 0 Å². The van der Waals surface area contributed by atoms with Crippen molar-refractivity contribution in [3.8, 4) is 0 Å². The van der Waals surface area contributed by atoms with Gasteiger partial charge in [-0.15, -0.1) is 11.3 Å². The molecule has 1 aliphatic rings. The second-order valence-electron chi connectivity index (χ2n) is 5.65. The van der Waals surface area contributed by atoms with Crippen molar-refractivity contribution in [3.05, 3.63) is 27.5 Å². The highest BCUT2D eigenvalue weighted by atomic mass is 79.9. The molecule has 21 heavy (non-hydrogen) atoms. The quantitative estimate of drug-likeness (QED) is 0.849. The van der Waals surface area contributed by atoms with Crippen LogP contribution in [-0.4, -0.2) is 23.9 Å². The number of halogens is 1. The van der Waals surface area contributed by atoms with Crippen LogP contribution < -0.4 is 5.73 Å². The molecule has 1 saturated heterocycles. The lowest BCUT2D eigenvalue weighted by molar-refractivity contribution is 0.0677. The van der Waals surface area contributed by atoms with Gasteiger partial charge in [0.15, 0.2) is 0 Å². The molecular formula is C16H19BrN2OS. The average Bonchev–Trinajstić information content (AvgIpc) is 2.83. The maximum absolute atomic E-state index is 12.8. The van der Waals surface area contributed by atoms with Crippen LogP contribution in [0.2, 0.25) is 0 Å². The number of fused-ring (bicyclic) bond motifs is 1. The molecule has 3 rings (SSSR count). The molecule has 2 aromatic rings. The summed E-state index contributed by atoms with van der Waals surface area (Å²) in [5.41, 5.74) is 6.84. The van der Waals surface area contributed by atoms with E-state index in [2.05, 4.69) is 22.9 Å². The Hall–Kier alpha value is -1.07. The smallest absolute Gasteiger partial charge is 0.266 e. The third kappa shape index (κ3) is 2.81. The molecule has 0 radical (unpaired) electrons. The third-order valence-electron chi connectivity index (χ3n) is 4.27. The van der Waals surface area contributed by atoms with Crippen molar-refractivity contribution in [1.29, 1.82) is 0 Å². The summed E-state index contributed by atoms with van der Waals surface area (Å²) in [6, 6.07) is 5.97. The number of likely N-dealkylation sites (tertiary alicyclic amines) is 1. The number of benzene rings is 1. The maximum Gasteiger partial charge on any atom is 0.266 e. The highest BCUT2D eigenvalue weighted by Crippen LogP contribution is 2.36. The number of anilines is 1. The number of hydrogen-bond donors (Lipinski definition) is 1.